The van der Waals surface area contributed by atoms with E-state index in [-0.39, 0.29) is 23.3 Å². The van der Waals surface area contributed by atoms with Gasteiger partial charge in [0.15, 0.2) is 0 Å². The van der Waals surface area contributed by atoms with Crippen LogP contribution in [0.1, 0.15) is 103 Å². The number of nitrogens with zero attached hydrogens (tertiary/aromatic N) is 3. The Morgan fingerprint density at radius 3 is 1.59 bits per heavy atom. The fraction of sp³-hybridized carbons (Fsp3) is 0.641. The van der Waals surface area contributed by atoms with E-state index in [0.717, 1.165) is 73.9 Å². The summed E-state index contributed by atoms with van der Waals surface area (Å²) in [6.07, 6.45) is 3.37. The molecule has 0 unspecified atom stereocenters. The number of likely N-dealkylation sites (tertiary alicyclic amines) is 2. The zero-order valence-corrected chi connectivity index (χ0v) is 34.9. The molecule has 2 fully saturated rings. The Morgan fingerprint density at radius 1 is 0.755 bits per heavy atom. The van der Waals surface area contributed by atoms with Crippen molar-refractivity contribution in [3.63, 3.8) is 0 Å². The summed E-state index contributed by atoms with van der Waals surface area (Å²) in [4.78, 5) is 30.5. The number of halogens is 2. The minimum absolute atomic E-state index is 0.0515. The number of benzene rings is 2. The predicted molar refractivity (Wildman–Crippen MR) is 207 cm³/mol. The van der Waals surface area contributed by atoms with Gasteiger partial charge < -0.3 is 24.6 Å². The second-order valence-corrected chi connectivity index (χ2v) is 18.1. The first-order valence-electron chi connectivity index (χ1n) is 17.5. The van der Waals surface area contributed by atoms with Crippen molar-refractivity contribution in [2.45, 2.75) is 130 Å². The number of amides is 2. The zero-order valence-electron chi connectivity index (χ0n) is 31.8. The topological polar surface area (TPSA) is 74.4 Å². The first-order valence-corrected chi connectivity index (χ1v) is 19.1. The van der Waals surface area contributed by atoms with Gasteiger partial charge in [0.2, 0.25) is 0 Å². The van der Waals surface area contributed by atoms with Gasteiger partial charge >= 0.3 is 12.2 Å². The largest absolute Gasteiger partial charge is 0.444 e. The number of piperidine rings is 2. The summed E-state index contributed by atoms with van der Waals surface area (Å²) in [6, 6.07) is 13.0. The van der Waals surface area contributed by atoms with Crippen molar-refractivity contribution < 1.29 is 19.1 Å². The van der Waals surface area contributed by atoms with Crippen LogP contribution in [-0.2, 0) is 22.6 Å². The van der Waals surface area contributed by atoms with E-state index >= 15 is 0 Å². The standard InChI is InChI=1S/C20H31BrN2O2.C19H29BrN2O2/c1-15-7-8-16(13-17(15)21)14-22(6)20(5)9-11-23(12-10-20)18(24)25-19(2,3)4;1-14-6-7-15(12-16(14)20)13-21-19(5)8-10-22(11-9-19)17(23)24-18(2,3)4/h7-8,13H,9-12,14H2,1-6H3;6-7,12,21H,8-11,13H2,1-5H3. The third-order valence-electron chi connectivity index (χ3n) is 9.54. The molecule has 0 aromatic heterocycles. The van der Waals surface area contributed by atoms with E-state index in [1.165, 1.54) is 22.3 Å². The number of carbonyl (C=O) groups excluding carboxylic acids is 2. The van der Waals surface area contributed by atoms with Crippen molar-refractivity contribution in [2.24, 2.45) is 0 Å². The van der Waals surface area contributed by atoms with Gasteiger partial charge in [-0.05, 0) is 136 Å². The summed E-state index contributed by atoms with van der Waals surface area (Å²) in [5.41, 5.74) is 4.34. The molecule has 2 aromatic rings. The van der Waals surface area contributed by atoms with Crippen LogP contribution < -0.4 is 5.32 Å². The van der Waals surface area contributed by atoms with Crippen molar-refractivity contribution in [2.75, 3.05) is 33.2 Å². The lowest BCUT2D eigenvalue weighted by molar-refractivity contribution is 0.00164. The van der Waals surface area contributed by atoms with Crippen LogP contribution >= 0.6 is 31.9 Å². The average molecular weight is 809 g/mol. The van der Waals surface area contributed by atoms with Crippen LogP contribution in [0.3, 0.4) is 0 Å². The third kappa shape index (κ3) is 13.2. The number of hydrogen-bond donors (Lipinski definition) is 1. The Morgan fingerprint density at radius 2 is 1.16 bits per heavy atom. The Bertz CT molecular complexity index is 1420. The zero-order chi connectivity index (χ0) is 36.8. The molecule has 2 amide bonds. The molecule has 1 N–H and O–H groups in total. The second kappa shape index (κ2) is 16.9. The molecule has 49 heavy (non-hydrogen) atoms. The van der Waals surface area contributed by atoms with E-state index in [9.17, 15) is 9.59 Å². The lowest BCUT2D eigenvalue weighted by atomic mass is 9.88. The van der Waals surface area contributed by atoms with E-state index in [2.05, 4.69) is 113 Å². The monoisotopic (exact) mass is 806 g/mol. The quantitative estimate of drug-likeness (QED) is 0.314. The second-order valence-electron chi connectivity index (χ2n) is 16.4. The Hall–Kier alpha value is -2.14. The van der Waals surface area contributed by atoms with Crippen LogP contribution in [0.4, 0.5) is 9.59 Å². The van der Waals surface area contributed by atoms with Gasteiger partial charge in [0.1, 0.15) is 11.2 Å². The van der Waals surface area contributed by atoms with Crippen LogP contribution in [0.5, 0.6) is 0 Å². The van der Waals surface area contributed by atoms with Gasteiger partial charge in [0.25, 0.3) is 0 Å². The normalized spacial score (nSPS) is 17.7. The van der Waals surface area contributed by atoms with Crippen molar-refractivity contribution in [1.29, 1.82) is 0 Å². The fourth-order valence-electron chi connectivity index (χ4n) is 5.83. The maximum absolute atomic E-state index is 12.2. The number of rotatable bonds is 6. The minimum Gasteiger partial charge on any atom is -0.444 e. The van der Waals surface area contributed by atoms with Crippen molar-refractivity contribution in [1.82, 2.24) is 20.0 Å². The SMILES string of the molecule is Cc1ccc(CN(C)C2(C)CCN(C(=O)OC(C)(C)C)CC2)cc1Br.Cc1ccc(CNC2(C)CCN(C(=O)OC(C)(C)C)CC2)cc1Br. The Kier molecular flexibility index (Phi) is 14.3. The van der Waals surface area contributed by atoms with Crippen LogP contribution in [0, 0.1) is 13.8 Å². The van der Waals surface area contributed by atoms with E-state index in [4.69, 9.17) is 9.47 Å². The van der Waals surface area contributed by atoms with E-state index in [1.807, 2.05) is 51.3 Å². The highest BCUT2D eigenvalue weighted by atomic mass is 79.9. The number of aryl methyl sites for hydroxylation is 2. The molecule has 10 heteroatoms. The third-order valence-corrected chi connectivity index (χ3v) is 11.3. The molecule has 2 aliphatic rings. The number of nitrogens with one attached hydrogen (secondary N) is 1. The van der Waals surface area contributed by atoms with Crippen molar-refractivity contribution >= 4 is 44.0 Å². The van der Waals surface area contributed by atoms with Gasteiger partial charge in [0.05, 0.1) is 0 Å². The van der Waals surface area contributed by atoms with Gasteiger partial charge in [-0.15, -0.1) is 0 Å². The van der Waals surface area contributed by atoms with Gasteiger partial charge in [-0.2, -0.15) is 0 Å². The number of carbonyl (C=O) groups is 2. The molecule has 0 atom stereocenters. The maximum Gasteiger partial charge on any atom is 0.410 e. The van der Waals surface area contributed by atoms with Crippen LogP contribution in [0.2, 0.25) is 0 Å². The van der Waals surface area contributed by atoms with Crippen molar-refractivity contribution in [3.05, 3.63) is 67.6 Å². The molecule has 0 aliphatic carbocycles. The molecule has 4 rings (SSSR count). The number of ether oxygens (including phenoxy) is 2. The summed E-state index contributed by atoms with van der Waals surface area (Å²) in [5.74, 6) is 0. The molecule has 0 radical (unpaired) electrons. The Balaban J connectivity index is 0.000000266. The summed E-state index contributed by atoms with van der Waals surface area (Å²) >= 11 is 7.20. The summed E-state index contributed by atoms with van der Waals surface area (Å²) in [5, 5.41) is 3.67. The molecule has 2 aromatic carbocycles. The van der Waals surface area contributed by atoms with Crippen LogP contribution in [0.25, 0.3) is 0 Å². The highest BCUT2D eigenvalue weighted by molar-refractivity contribution is 9.10. The van der Waals surface area contributed by atoms with E-state index < -0.39 is 11.2 Å². The Labute approximate surface area is 312 Å². The lowest BCUT2D eigenvalue weighted by Crippen LogP contribution is -2.53. The predicted octanol–water partition coefficient (Wildman–Crippen LogP) is 9.62. The highest BCUT2D eigenvalue weighted by Crippen LogP contribution is 2.30. The first-order chi connectivity index (χ1) is 22.6. The summed E-state index contributed by atoms with van der Waals surface area (Å²) in [6.45, 7) is 24.9. The van der Waals surface area contributed by atoms with Gasteiger partial charge in [0, 0.05) is 59.3 Å². The van der Waals surface area contributed by atoms with Crippen LogP contribution in [-0.4, -0.2) is 82.4 Å². The lowest BCUT2D eigenvalue weighted by Gasteiger charge is -2.45. The molecule has 2 aliphatic heterocycles. The molecule has 0 spiro atoms. The first kappa shape index (κ1) is 41.3. The molecule has 2 heterocycles. The minimum atomic E-state index is -0.437. The van der Waals surface area contributed by atoms with Gasteiger partial charge in [-0.3, -0.25) is 4.90 Å². The average Bonchev–Trinajstić information content (AvgIpc) is 2.99. The molecular formula is C39H60Br2N4O4. The molecule has 0 saturated carbocycles. The molecule has 2 saturated heterocycles. The van der Waals surface area contributed by atoms with E-state index in [1.54, 1.807) is 0 Å². The highest BCUT2D eigenvalue weighted by Gasteiger charge is 2.37. The van der Waals surface area contributed by atoms with E-state index in [0.29, 0.717) is 0 Å². The smallest absolute Gasteiger partial charge is 0.410 e. The number of hydrogen-bond acceptors (Lipinski definition) is 6. The molecule has 8 nitrogen and oxygen atoms in total. The van der Waals surface area contributed by atoms with Gasteiger partial charge in [-0.1, -0.05) is 56.1 Å². The fourth-order valence-corrected chi connectivity index (χ4v) is 6.68. The molecule has 274 valence electrons. The summed E-state index contributed by atoms with van der Waals surface area (Å²) in [7, 11) is 2.18. The maximum atomic E-state index is 12.2. The molecule has 0 bridgehead atoms. The van der Waals surface area contributed by atoms with Crippen LogP contribution in [0.15, 0.2) is 45.3 Å². The molecular weight excluding hydrogens is 748 g/mol. The van der Waals surface area contributed by atoms with Gasteiger partial charge in [-0.25, -0.2) is 9.59 Å². The summed E-state index contributed by atoms with van der Waals surface area (Å²) < 4.78 is 13.3. The van der Waals surface area contributed by atoms with Crippen molar-refractivity contribution in [3.8, 4) is 0 Å².